The molecule has 0 aromatic rings. The van der Waals surface area contributed by atoms with E-state index in [-0.39, 0.29) is 36.9 Å². The monoisotopic (exact) mass is 551 g/mol. The SMILES string of the molecule is C[C@@H]1CC(N2CCCC[C@H]2CCOC2CCN(C(=N)NC(=O)C(N)CC(=O)O)CC2)C[C@H](C)C1.Cl.Cl. The highest BCUT2D eigenvalue weighted by molar-refractivity contribution is 5.99. The van der Waals surface area contributed by atoms with Gasteiger partial charge in [-0.3, -0.25) is 25.2 Å². The second kappa shape index (κ2) is 16.0. The van der Waals surface area contributed by atoms with Gasteiger partial charge in [-0.2, -0.15) is 0 Å². The number of hydrogen-bond donors (Lipinski definition) is 4. The zero-order chi connectivity index (χ0) is 24.7. The molecule has 0 spiro atoms. The van der Waals surface area contributed by atoms with Crippen LogP contribution in [0.3, 0.4) is 0 Å². The second-order valence-corrected chi connectivity index (χ2v) is 10.8. The van der Waals surface area contributed by atoms with E-state index < -0.39 is 24.3 Å². The maximum Gasteiger partial charge on any atom is 0.305 e. The van der Waals surface area contributed by atoms with Crippen LogP contribution in [0.15, 0.2) is 0 Å². The first-order valence-electron chi connectivity index (χ1n) is 13.2. The van der Waals surface area contributed by atoms with Gasteiger partial charge in [0.05, 0.1) is 18.6 Å². The first kappa shape index (κ1) is 32.9. The lowest BCUT2D eigenvalue weighted by molar-refractivity contribution is -0.139. The van der Waals surface area contributed by atoms with Gasteiger partial charge in [0.1, 0.15) is 0 Å². The Morgan fingerprint density at radius 2 is 1.69 bits per heavy atom. The molecule has 2 heterocycles. The Hall–Kier alpha value is -1.13. The Bertz CT molecular complexity index is 698. The van der Waals surface area contributed by atoms with Crippen LogP contribution >= 0.6 is 24.8 Å². The van der Waals surface area contributed by atoms with E-state index in [9.17, 15) is 9.59 Å². The third-order valence-corrected chi connectivity index (χ3v) is 7.83. The molecule has 36 heavy (non-hydrogen) atoms. The smallest absolute Gasteiger partial charge is 0.305 e. The van der Waals surface area contributed by atoms with Crippen LogP contribution in [0.2, 0.25) is 0 Å². The summed E-state index contributed by atoms with van der Waals surface area (Å²) >= 11 is 0. The van der Waals surface area contributed by atoms with Gasteiger partial charge in [-0.15, -0.1) is 24.8 Å². The van der Waals surface area contributed by atoms with Gasteiger partial charge >= 0.3 is 5.97 Å². The highest BCUT2D eigenvalue weighted by Gasteiger charge is 2.33. The van der Waals surface area contributed by atoms with Gasteiger partial charge in [0, 0.05) is 31.8 Å². The fourth-order valence-electron chi connectivity index (χ4n) is 6.17. The van der Waals surface area contributed by atoms with Crippen LogP contribution in [0.1, 0.15) is 78.1 Å². The minimum absolute atomic E-state index is 0. The van der Waals surface area contributed by atoms with Crippen molar-refractivity contribution in [3.63, 3.8) is 0 Å². The number of guanidine groups is 1. The first-order valence-corrected chi connectivity index (χ1v) is 13.2. The van der Waals surface area contributed by atoms with Gasteiger partial charge in [-0.1, -0.05) is 20.3 Å². The Labute approximate surface area is 228 Å². The largest absolute Gasteiger partial charge is 0.481 e. The number of amides is 1. The number of aliphatic carboxylic acids is 1. The first-order chi connectivity index (χ1) is 16.2. The number of nitrogens with two attached hydrogens (primary N) is 1. The summed E-state index contributed by atoms with van der Waals surface area (Å²) in [7, 11) is 0. The molecular weight excluding hydrogens is 505 g/mol. The average Bonchev–Trinajstić information content (AvgIpc) is 2.78. The Morgan fingerprint density at radius 1 is 1.06 bits per heavy atom. The predicted molar refractivity (Wildman–Crippen MR) is 146 cm³/mol. The zero-order valence-corrected chi connectivity index (χ0v) is 23.5. The molecule has 0 aromatic carbocycles. The Morgan fingerprint density at radius 3 is 2.31 bits per heavy atom. The molecule has 1 aliphatic carbocycles. The van der Waals surface area contributed by atoms with Gasteiger partial charge in [0.15, 0.2) is 5.96 Å². The Balaban J connectivity index is 0.00000324. The standard InChI is InChI=1S/C25H45N5O4.2ClH/c1-17-13-18(2)15-20(14-17)30-9-4-3-5-19(30)8-12-34-21-6-10-29(11-7-21)25(27)28-24(33)22(26)16-23(31)32;;/h17-22H,3-16,26H2,1-2H3,(H,31,32)(H2,27,28,33);2*1H/t17-,18+,19-,20?,22?;;/m0../s1. The molecule has 3 fully saturated rings. The van der Waals surface area contributed by atoms with Crippen LogP contribution in [-0.4, -0.2) is 83.2 Å². The van der Waals surface area contributed by atoms with Crippen molar-refractivity contribution in [1.29, 1.82) is 5.41 Å². The topological polar surface area (TPSA) is 132 Å². The number of carbonyl (C=O) groups is 2. The highest BCUT2D eigenvalue weighted by atomic mass is 35.5. The number of hydrogen-bond acceptors (Lipinski definition) is 6. The fourth-order valence-corrected chi connectivity index (χ4v) is 6.17. The quantitative estimate of drug-likeness (QED) is 0.269. The number of piperidine rings is 2. The van der Waals surface area contributed by atoms with Gasteiger partial charge in [-0.05, 0) is 69.7 Å². The molecule has 210 valence electrons. The molecule has 9 nitrogen and oxygen atoms in total. The molecule has 0 radical (unpaired) electrons. The minimum atomic E-state index is -1.15. The summed E-state index contributed by atoms with van der Waals surface area (Å²) in [4.78, 5) is 27.3. The van der Waals surface area contributed by atoms with Gasteiger partial charge < -0.3 is 20.5 Å². The van der Waals surface area contributed by atoms with Crippen LogP contribution < -0.4 is 11.1 Å². The fraction of sp³-hybridized carbons (Fsp3) is 0.880. The van der Waals surface area contributed by atoms with Gasteiger partial charge in [0.25, 0.3) is 0 Å². The van der Waals surface area contributed by atoms with Crippen molar-refractivity contribution in [2.24, 2.45) is 17.6 Å². The number of carboxylic acids is 1. The number of halogens is 2. The summed E-state index contributed by atoms with van der Waals surface area (Å²) in [6, 6.07) is 0.213. The number of likely N-dealkylation sites (tertiary alicyclic amines) is 2. The molecule has 0 aromatic heterocycles. The number of nitrogens with one attached hydrogen (secondary N) is 2. The average molecular weight is 553 g/mol. The van der Waals surface area contributed by atoms with Crippen molar-refractivity contribution >= 4 is 42.7 Å². The maximum atomic E-state index is 12.0. The van der Waals surface area contributed by atoms with Crippen molar-refractivity contribution < 1.29 is 19.4 Å². The van der Waals surface area contributed by atoms with Gasteiger partial charge in [0.2, 0.25) is 5.91 Å². The lowest BCUT2D eigenvalue weighted by Crippen LogP contribution is -2.52. The molecular formula is C25H47Cl2N5O4. The van der Waals surface area contributed by atoms with Crippen molar-refractivity contribution in [3.05, 3.63) is 0 Å². The molecule has 5 atom stereocenters. The van der Waals surface area contributed by atoms with Crippen molar-refractivity contribution in [2.75, 3.05) is 26.2 Å². The van der Waals surface area contributed by atoms with Crippen LogP contribution in [0, 0.1) is 17.2 Å². The van der Waals surface area contributed by atoms with Crippen molar-refractivity contribution in [3.8, 4) is 0 Å². The maximum absolute atomic E-state index is 12.0. The molecule has 3 rings (SSSR count). The van der Waals surface area contributed by atoms with Crippen molar-refractivity contribution in [2.45, 2.75) is 102 Å². The van der Waals surface area contributed by atoms with E-state index >= 15 is 0 Å². The normalized spacial score (nSPS) is 28.4. The summed E-state index contributed by atoms with van der Waals surface area (Å²) in [5.74, 6) is -0.127. The zero-order valence-electron chi connectivity index (χ0n) is 21.8. The molecule has 1 amide bonds. The number of nitrogens with zero attached hydrogens (tertiary/aromatic N) is 2. The van der Waals surface area contributed by atoms with Crippen LogP contribution in [0.25, 0.3) is 0 Å². The minimum Gasteiger partial charge on any atom is -0.481 e. The molecule has 2 unspecified atom stereocenters. The molecule has 3 aliphatic rings. The molecule has 11 heteroatoms. The molecule has 2 aliphatic heterocycles. The molecule has 0 bridgehead atoms. The summed E-state index contributed by atoms with van der Waals surface area (Å²) in [6.07, 6.45) is 10.4. The van der Waals surface area contributed by atoms with E-state index in [4.69, 9.17) is 21.0 Å². The third kappa shape index (κ3) is 9.97. The van der Waals surface area contributed by atoms with Crippen LogP contribution in [0.5, 0.6) is 0 Å². The number of rotatable bonds is 8. The van der Waals surface area contributed by atoms with Crippen LogP contribution in [0.4, 0.5) is 0 Å². The number of carboxylic acid groups (broad SMARTS) is 1. The van der Waals surface area contributed by atoms with Gasteiger partial charge in [-0.25, -0.2) is 0 Å². The second-order valence-electron chi connectivity index (χ2n) is 10.8. The van der Waals surface area contributed by atoms with E-state index in [1.807, 2.05) is 0 Å². The van der Waals surface area contributed by atoms with E-state index in [2.05, 4.69) is 24.1 Å². The number of carbonyl (C=O) groups excluding carboxylic acids is 1. The molecule has 1 saturated carbocycles. The lowest BCUT2D eigenvalue weighted by atomic mass is 9.78. The third-order valence-electron chi connectivity index (χ3n) is 7.83. The summed E-state index contributed by atoms with van der Waals surface area (Å²) < 4.78 is 6.26. The van der Waals surface area contributed by atoms with E-state index in [0.717, 1.165) is 43.7 Å². The molecule has 5 N–H and O–H groups in total. The summed E-state index contributed by atoms with van der Waals surface area (Å²) in [5.41, 5.74) is 5.57. The summed E-state index contributed by atoms with van der Waals surface area (Å²) in [6.45, 7) is 8.09. The van der Waals surface area contributed by atoms with Crippen molar-refractivity contribution in [1.82, 2.24) is 15.1 Å². The van der Waals surface area contributed by atoms with E-state index in [0.29, 0.717) is 19.1 Å². The number of ether oxygens (including phenoxy) is 1. The lowest BCUT2D eigenvalue weighted by Gasteiger charge is -2.45. The summed E-state index contributed by atoms with van der Waals surface area (Å²) in [5, 5.41) is 19.3. The predicted octanol–water partition coefficient (Wildman–Crippen LogP) is 3.23. The van der Waals surface area contributed by atoms with E-state index in [1.54, 1.807) is 4.90 Å². The van der Waals surface area contributed by atoms with E-state index in [1.165, 1.54) is 45.1 Å². The Kier molecular flexibility index (Phi) is 14.6. The molecule has 2 saturated heterocycles. The highest BCUT2D eigenvalue weighted by Crippen LogP contribution is 2.35. The van der Waals surface area contributed by atoms with Crippen LogP contribution in [-0.2, 0) is 14.3 Å².